The number of carbonyl (C=O) groups is 1. The fourth-order valence-corrected chi connectivity index (χ4v) is 7.92. The molecule has 0 aliphatic heterocycles. The van der Waals surface area contributed by atoms with Crippen molar-refractivity contribution in [3.8, 4) is 0 Å². The van der Waals surface area contributed by atoms with Gasteiger partial charge in [-0.3, -0.25) is 9.09 Å². The summed E-state index contributed by atoms with van der Waals surface area (Å²) in [4.78, 5) is 24.5. The maximum absolute atomic E-state index is 13.7. The molecule has 0 radical (unpaired) electrons. The van der Waals surface area contributed by atoms with Crippen LogP contribution >= 0.6 is 7.60 Å². The number of hydrogen-bond acceptors (Lipinski definition) is 12. The molecule has 2 heterocycles. The molecule has 0 aromatic carbocycles. The zero-order chi connectivity index (χ0) is 36.0. The van der Waals surface area contributed by atoms with Gasteiger partial charge in [-0.25, -0.2) is 19.7 Å². The van der Waals surface area contributed by atoms with Crippen LogP contribution in [0.3, 0.4) is 0 Å². The first-order valence-electron chi connectivity index (χ1n) is 18.0. The number of imidazole rings is 1. The second-order valence-electron chi connectivity index (χ2n) is 13.8. The van der Waals surface area contributed by atoms with E-state index in [1.54, 1.807) is 10.9 Å². The van der Waals surface area contributed by atoms with Gasteiger partial charge >= 0.3 is 13.8 Å². The van der Waals surface area contributed by atoms with Crippen molar-refractivity contribution in [3.63, 3.8) is 0 Å². The van der Waals surface area contributed by atoms with Crippen LogP contribution in [0.1, 0.15) is 125 Å². The van der Waals surface area contributed by atoms with E-state index in [2.05, 4.69) is 21.9 Å². The third kappa shape index (κ3) is 20.1. The van der Waals surface area contributed by atoms with Crippen molar-refractivity contribution in [1.82, 2.24) is 19.5 Å². The van der Waals surface area contributed by atoms with Crippen LogP contribution in [0.4, 0.5) is 10.6 Å². The Hall–Kier alpha value is -1.70. The average molecular weight is 748 g/mol. The van der Waals surface area contributed by atoms with Crippen molar-refractivity contribution >= 4 is 51.4 Å². The zero-order valence-corrected chi connectivity index (χ0v) is 33.1. The summed E-state index contributed by atoms with van der Waals surface area (Å²) in [5.41, 5.74) is 6.73. The highest BCUT2D eigenvalue weighted by Crippen LogP contribution is 2.48. The second kappa shape index (κ2) is 24.5. The van der Waals surface area contributed by atoms with Gasteiger partial charge in [0.2, 0.25) is 6.79 Å². The summed E-state index contributed by atoms with van der Waals surface area (Å²) in [6, 6.07) is 0. The SMILES string of the molecule is CCCCCCCCCCCCCCCCS(=S)CCO[P@](=O)(CO[C@H](C)Cn1cnc2c(N)ncnc21)OCOC(=O)OCC(C)(C)C. The summed E-state index contributed by atoms with van der Waals surface area (Å²) >= 11 is 5.69. The van der Waals surface area contributed by atoms with E-state index in [-0.39, 0.29) is 40.2 Å². The third-order valence-corrected chi connectivity index (χ3v) is 11.7. The first-order valence-corrected chi connectivity index (χ1v) is 22.2. The molecule has 0 spiro atoms. The topological polar surface area (TPSA) is 150 Å². The van der Waals surface area contributed by atoms with Crippen LogP contribution in [-0.2, 0) is 55.0 Å². The smallest absolute Gasteiger partial charge is 0.434 e. The fraction of sp³-hybridized carbons (Fsp3) is 0.824. The Morgan fingerprint density at radius 3 is 2.14 bits per heavy atom. The lowest BCUT2D eigenvalue weighted by Gasteiger charge is -2.22. The van der Waals surface area contributed by atoms with Crippen LogP contribution in [0.2, 0.25) is 0 Å². The third-order valence-electron chi connectivity index (χ3n) is 7.77. The lowest BCUT2D eigenvalue weighted by Crippen LogP contribution is -2.21. The van der Waals surface area contributed by atoms with Crippen LogP contribution < -0.4 is 5.73 Å². The summed E-state index contributed by atoms with van der Waals surface area (Å²) in [5, 5.41) is 0. The van der Waals surface area contributed by atoms with E-state index in [0.29, 0.717) is 23.5 Å². The highest BCUT2D eigenvalue weighted by Gasteiger charge is 2.28. The quantitative estimate of drug-likeness (QED) is 0.0384. The Morgan fingerprint density at radius 1 is 0.918 bits per heavy atom. The standard InChI is InChI=1S/C34H62N5O7PS2/c1-6-7-8-9-10-11-12-13-14-15-16-17-18-19-21-49(48)22-20-45-47(41,46-27-43-33(40)42-24-34(3,4)5)28-44-29(2)23-39-26-38-30-31(35)36-25-37-32(30)39/h25-26,29H,6-24,27-28H2,1-5H3,(H2,35,36,37)/t29-,47-,49?/m1/s1. The normalized spacial score (nSPS) is 14.5. The molecule has 1 unspecified atom stereocenters. The van der Waals surface area contributed by atoms with E-state index in [1.807, 2.05) is 27.7 Å². The van der Waals surface area contributed by atoms with Gasteiger partial charge in [-0.05, 0) is 24.5 Å². The van der Waals surface area contributed by atoms with E-state index in [0.717, 1.165) is 12.2 Å². The Balaban J connectivity index is 1.71. The van der Waals surface area contributed by atoms with Crippen molar-refractivity contribution < 1.29 is 32.6 Å². The van der Waals surface area contributed by atoms with Gasteiger partial charge in [0, 0.05) is 5.75 Å². The Morgan fingerprint density at radius 2 is 1.53 bits per heavy atom. The first-order chi connectivity index (χ1) is 23.4. The summed E-state index contributed by atoms with van der Waals surface area (Å²) in [5.74, 6) is 1.80. The van der Waals surface area contributed by atoms with E-state index in [4.69, 9.17) is 40.2 Å². The monoisotopic (exact) mass is 747 g/mol. The number of ether oxygens (including phenoxy) is 3. The van der Waals surface area contributed by atoms with Gasteiger partial charge in [0.25, 0.3) is 0 Å². The number of unbranched alkanes of at least 4 members (excludes halogenated alkanes) is 13. The number of anilines is 1. The number of rotatable bonds is 28. The largest absolute Gasteiger partial charge is 0.510 e. The van der Waals surface area contributed by atoms with Crippen molar-refractivity contribution in [2.24, 2.45) is 5.41 Å². The number of nitrogens with zero attached hydrogens (tertiary/aromatic N) is 4. The molecule has 2 N–H and O–H groups in total. The number of nitrogens with two attached hydrogens (primary N) is 1. The van der Waals surface area contributed by atoms with Crippen LogP contribution in [-0.4, -0.2) is 69.6 Å². The van der Waals surface area contributed by atoms with Gasteiger partial charge in [-0.15, -0.1) is 9.45 Å². The highest BCUT2D eigenvalue weighted by molar-refractivity contribution is 8.28. The number of hydrogen-bond donors (Lipinski definition) is 1. The molecule has 0 aliphatic rings. The Kier molecular flexibility index (Phi) is 21.7. The van der Waals surface area contributed by atoms with Crippen molar-refractivity contribution in [2.45, 2.75) is 137 Å². The zero-order valence-electron chi connectivity index (χ0n) is 30.6. The summed E-state index contributed by atoms with van der Waals surface area (Å²) in [7, 11) is -4.10. The molecule has 2 rings (SSSR count). The molecule has 2 aromatic rings. The summed E-state index contributed by atoms with van der Waals surface area (Å²) in [6.07, 6.45) is 19.8. The Bertz CT molecular complexity index is 1280. The number of fused-ring (bicyclic) bond motifs is 1. The minimum atomic E-state index is -3.81. The van der Waals surface area contributed by atoms with Gasteiger partial charge in [-0.1, -0.05) is 122 Å². The molecule has 0 amide bonds. The molecule has 0 saturated heterocycles. The van der Waals surface area contributed by atoms with E-state index in [9.17, 15) is 9.36 Å². The van der Waals surface area contributed by atoms with Gasteiger partial charge in [0.05, 0.1) is 32.2 Å². The highest BCUT2D eigenvalue weighted by atomic mass is 32.8. The second-order valence-corrected chi connectivity index (χ2v) is 18.9. The number of carbonyl (C=O) groups excluding carboxylic acids is 1. The fourth-order valence-electron chi connectivity index (χ4n) is 4.99. The van der Waals surface area contributed by atoms with E-state index < -0.39 is 26.6 Å². The predicted octanol–water partition coefficient (Wildman–Crippen LogP) is 8.72. The number of nitrogen functional groups attached to an aromatic ring is 1. The first kappa shape index (κ1) is 43.5. The molecular formula is C34H62N5O7PS2. The van der Waals surface area contributed by atoms with Gasteiger partial charge in [0.15, 0.2) is 11.5 Å². The summed E-state index contributed by atoms with van der Waals surface area (Å²) < 4.78 is 42.6. The minimum Gasteiger partial charge on any atom is -0.434 e. The van der Waals surface area contributed by atoms with Crippen molar-refractivity contribution in [2.75, 3.05) is 43.6 Å². The van der Waals surface area contributed by atoms with Gasteiger partial charge < -0.3 is 29.0 Å². The van der Waals surface area contributed by atoms with Gasteiger partial charge in [-0.2, -0.15) is 0 Å². The molecule has 49 heavy (non-hydrogen) atoms. The molecule has 0 aliphatic carbocycles. The van der Waals surface area contributed by atoms with Crippen LogP contribution in [0, 0.1) is 5.41 Å². The molecule has 0 saturated carbocycles. The predicted molar refractivity (Wildman–Crippen MR) is 201 cm³/mol. The maximum Gasteiger partial charge on any atom is 0.510 e. The maximum atomic E-state index is 13.7. The molecule has 15 heteroatoms. The van der Waals surface area contributed by atoms with Crippen LogP contribution in [0.15, 0.2) is 12.7 Å². The van der Waals surface area contributed by atoms with Gasteiger partial charge in [0.1, 0.15) is 18.2 Å². The van der Waals surface area contributed by atoms with Crippen molar-refractivity contribution in [3.05, 3.63) is 12.7 Å². The molecule has 0 fully saturated rings. The van der Waals surface area contributed by atoms with Crippen LogP contribution in [0.25, 0.3) is 11.2 Å². The molecule has 12 nitrogen and oxygen atoms in total. The Labute approximate surface area is 301 Å². The van der Waals surface area contributed by atoms with E-state index >= 15 is 0 Å². The molecule has 282 valence electrons. The molecular weight excluding hydrogens is 686 g/mol. The summed E-state index contributed by atoms with van der Waals surface area (Å²) in [6.45, 7) is 9.95. The molecule has 0 bridgehead atoms. The molecule has 2 aromatic heterocycles. The number of aromatic nitrogens is 4. The molecule has 3 atom stereocenters. The van der Waals surface area contributed by atoms with Crippen LogP contribution in [0.5, 0.6) is 0 Å². The lowest BCUT2D eigenvalue weighted by atomic mass is 9.99. The minimum absolute atomic E-state index is 0.150. The van der Waals surface area contributed by atoms with Crippen molar-refractivity contribution in [1.29, 1.82) is 0 Å². The average Bonchev–Trinajstić information content (AvgIpc) is 3.46. The van der Waals surface area contributed by atoms with E-state index in [1.165, 1.54) is 89.8 Å². The lowest BCUT2D eigenvalue weighted by molar-refractivity contribution is -0.0172.